The molecule has 0 amide bonds. The number of hydrogen-bond acceptors (Lipinski definition) is 5. The zero-order valence-corrected chi connectivity index (χ0v) is 17.4. The second-order valence-electron chi connectivity index (χ2n) is 7.31. The summed E-state index contributed by atoms with van der Waals surface area (Å²) in [5.74, 6) is 0.170. The highest BCUT2D eigenvalue weighted by Gasteiger charge is 2.31. The number of rotatable bonds is 5. The molecule has 1 N–H and O–H groups in total. The van der Waals surface area contributed by atoms with Gasteiger partial charge in [-0.3, -0.25) is 4.98 Å². The minimum Gasteiger partial charge on any atom is -0.489 e. The van der Waals surface area contributed by atoms with Crippen LogP contribution in [-0.2, 0) is 19.0 Å². The van der Waals surface area contributed by atoms with Crippen molar-refractivity contribution in [2.24, 2.45) is 0 Å². The lowest BCUT2D eigenvalue weighted by Crippen LogP contribution is -2.06. The minimum atomic E-state index is -4.56. The fourth-order valence-corrected chi connectivity index (χ4v) is 3.21. The van der Waals surface area contributed by atoms with Crippen molar-refractivity contribution in [1.29, 1.82) is 5.26 Å². The number of H-pyrrole nitrogens is 1. The predicted molar refractivity (Wildman–Crippen MR) is 111 cm³/mol. The number of hydrogen-bond donors (Lipinski definition) is 1. The fourth-order valence-electron chi connectivity index (χ4n) is 3.21. The summed E-state index contributed by atoms with van der Waals surface area (Å²) in [7, 11) is 0. The number of aromatic nitrogens is 4. The van der Waals surface area contributed by atoms with Crippen LogP contribution in [0.3, 0.4) is 0 Å². The number of aromatic amines is 1. The van der Waals surface area contributed by atoms with Crippen LogP contribution in [0.25, 0.3) is 22.5 Å². The Labute approximate surface area is 193 Å². The van der Waals surface area contributed by atoms with Gasteiger partial charge in [0.05, 0.1) is 16.8 Å². The SMILES string of the molecule is N#Cc1[nH]nnc1-c1cc(OCc2cccc(C(F)(F)F)c2)cc(-c2ccc(C(F)(F)F)cn2)c1. The Bertz CT molecular complexity index is 1390. The molecule has 6 nitrogen and oxygen atoms in total. The third-order valence-electron chi connectivity index (χ3n) is 4.89. The second kappa shape index (κ2) is 9.09. The number of ether oxygens (including phenoxy) is 1. The van der Waals surface area contributed by atoms with Gasteiger partial charge in [-0.05, 0) is 48.0 Å². The van der Waals surface area contributed by atoms with Gasteiger partial charge in [-0.2, -0.15) is 31.6 Å². The molecule has 0 saturated heterocycles. The zero-order valence-electron chi connectivity index (χ0n) is 17.4. The molecule has 178 valence electrons. The summed E-state index contributed by atoms with van der Waals surface area (Å²) < 4.78 is 83.4. The fraction of sp³-hybridized carbons (Fsp3) is 0.130. The summed E-state index contributed by atoms with van der Waals surface area (Å²) in [5, 5.41) is 19.1. The molecular formula is C23H13F6N5O. The van der Waals surface area contributed by atoms with Crippen LogP contribution in [0.2, 0.25) is 0 Å². The first kappa shape index (κ1) is 23.7. The Kier molecular flexibility index (Phi) is 6.17. The van der Waals surface area contributed by atoms with Crippen LogP contribution in [-0.4, -0.2) is 20.4 Å². The van der Waals surface area contributed by atoms with Crippen molar-refractivity contribution in [3.05, 3.63) is 83.2 Å². The average molecular weight is 489 g/mol. The molecule has 2 heterocycles. The van der Waals surface area contributed by atoms with E-state index in [0.717, 1.165) is 18.2 Å². The largest absolute Gasteiger partial charge is 0.489 e. The van der Waals surface area contributed by atoms with Crippen LogP contribution >= 0.6 is 0 Å². The molecule has 0 saturated carbocycles. The quantitative estimate of drug-likeness (QED) is 0.347. The second-order valence-corrected chi connectivity index (χ2v) is 7.31. The molecule has 35 heavy (non-hydrogen) atoms. The molecule has 0 aliphatic carbocycles. The summed E-state index contributed by atoms with van der Waals surface area (Å²) in [6, 6.07) is 13.0. The van der Waals surface area contributed by atoms with Crippen LogP contribution < -0.4 is 4.74 Å². The van der Waals surface area contributed by atoms with Gasteiger partial charge in [0.15, 0.2) is 5.69 Å². The van der Waals surface area contributed by atoms with Gasteiger partial charge in [0.2, 0.25) is 0 Å². The maximum absolute atomic E-state index is 13.0. The van der Waals surface area contributed by atoms with E-state index in [-0.39, 0.29) is 35.0 Å². The first-order valence-electron chi connectivity index (χ1n) is 9.84. The van der Waals surface area contributed by atoms with E-state index < -0.39 is 23.5 Å². The van der Waals surface area contributed by atoms with Gasteiger partial charge >= 0.3 is 12.4 Å². The summed E-state index contributed by atoms with van der Waals surface area (Å²) >= 11 is 0. The van der Waals surface area contributed by atoms with Gasteiger partial charge in [0.25, 0.3) is 0 Å². The van der Waals surface area contributed by atoms with E-state index in [4.69, 9.17) is 4.74 Å². The molecule has 0 aliphatic heterocycles. The van der Waals surface area contributed by atoms with Crippen molar-refractivity contribution in [2.45, 2.75) is 19.0 Å². The van der Waals surface area contributed by atoms with E-state index in [2.05, 4.69) is 20.4 Å². The van der Waals surface area contributed by atoms with E-state index >= 15 is 0 Å². The van der Waals surface area contributed by atoms with Gasteiger partial charge in [0, 0.05) is 17.3 Å². The number of alkyl halides is 6. The monoisotopic (exact) mass is 489 g/mol. The predicted octanol–water partition coefficient (Wildman–Crippen LogP) is 6.02. The molecule has 0 atom stereocenters. The van der Waals surface area contributed by atoms with Crippen LogP contribution in [0.15, 0.2) is 60.8 Å². The maximum atomic E-state index is 13.0. The van der Waals surface area contributed by atoms with Gasteiger partial charge in [-0.1, -0.05) is 17.3 Å². The molecule has 0 aliphatic rings. The standard InChI is InChI=1S/C23H13F6N5O/c24-22(25,26)16-3-1-2-13(6-16)12-35-18-8-14(19-5-4-17(11-31-19)23(27,28)29)7-15(9-18)21-20(10-30)32-34-33-21/h1-9,11H,12H2,(H,32,33,34). The Morgan fingerprint density at radius 2 is 1.63 bits per heavy atom. The van der Waals surface area contributed by atoms with E-state index in [0.29, 0.717) is 17.3 Å². The minimum absolute atomic E-state index is 0.0337. The van der Waals surface area contributed by atoms with Gasteiger partial charge in [0.1, 0.15) is 24.1 Å². The van der Waals surface area contributed by atoms with Gasteiger partial charge in [-0.25, -0.2) is 5.10 Å². The zero-order chi connectivity index (χ0) is 25.2. The highest BCUT2D eigenvalue weighted by molar-refractivity contribution is 5.74. The molecular weight excluding hydrogens is 476 g/mol. The van der Waals surface area contributed by atoms with Crippen molar-refractivity contribution in [2.75, 3.05) is 0 Å². The Morgan fingerprint density at radius 1 is 0.886 bits per heavy atom. The van der Waals surface area contributed by atoms with Crippen LogP contribution in [0.4, 0.5) is 26.3 Å². The van der Waals surface area contributed by atoms with Crippen molar-refractivity contribution in [1.82, 2.24) is 20.4 Å². The molecule has 4 rings (SSSR count). The van der Waals surface area contributed by atoms with Crippen molar-refractivity contribution in [3.63, 3.8) is 0 Å². The molecule has 4 aromatic rings. The first-order chi connectivity index (χ1) is 16.5. The number of benzene rings is 2. The summed E-state index contributed by atoms with van der Waals surface area (Å²) in [5.41, 5.74) is -0.471. The summed E-state index contributed by atoms with van der Waals surface area (Å²) in [4.78, 5) is 3.87. The number of nitrogens with one attached hydrogen (secondary N) is 1. The maximum Gasteiger partial charge on any atom is 0.417 e. The van der Waals surface area contributed by atoms with Crippen LogP contribution in [0, 0.1) is 11.3 Å². The van der Waals surface area contributed by atoms with Gasteiger partial charge < -0.3 is 4.74 Å². The molecule has 2 aromatic heterocycles. The molecule has 0 unspecified atom stereocenters. The summed E-state index contributed by atoms with van der Waals surface area (Å²) in [6.07, 6.45) is -8.39. The highest BCUT2D eigenvalue weighted by Crippen LogP contribution is 2.34. The average Bonchev–Trinajstić information content (AvgIpc) is 3.31. The van der Waals surface area contributed by atoms with E-state index in [1.54, 1.807) is 0 Å². The smallest absolute Gasteiger partial charge is 0.417 e. The number of nitrogens with zero attached hydrogens (tertiary/aromatic N) is 4. The Balaban J connectivity index is 1.70. The number of nitriles is 1. The van der Waals surface area contributed by atoms with Crippen LogP contribution in [0.1, 0.15) is 22.4 Å². The topological polar surface area (TPSA) is 87.5 Å². The Morgan fingerprint density at radius 3 is 2.29 bits per heavy atom. The third-order valence-corrected chi connectivity index (χ3v) is 4.89. The van der Waals surface area contributed by atoms with Crippen molar-refractivity contribution < 1.29 is 31.1 Å². The first-order valence-corrected chi connectivity index (χ1v) is 9.84. The molecule has 0 spiro atoms. The van der Waals surface area contributed by atoms with Crippen LogP contribution in [0.5, 0.6) is 5.75 Å². The molecule has 2 aromatic carbocycles. The van der Waals surface area contributed by atoms with Crippen molar-refractivity contribution in [3.8, 4) is 34.3 Å². The molecule has 0 bridgehead atoms. The summed E-state index contributed by atoms with van der Waals surface area (Å²) in [6.45, 7) is -0.225. The highest BCUT2D eigenvalue weighted by atomic mass is 19.4. The van der Waals surface area contributed by atoms with Crippen molar-refractivity contribution >= 4 is 0 Å². The molecule has 0 radical (unpaired) electrons. The lowest BCUT2D eigenvalue weighted by molar-refractivity contribution is -0.138. The number of halogens is 6. The third kappa shape index (κ3) is 5.40. The van der Waals surface area contributed by atoms with Gasteiger partial charge in [-0.15, -0.1) is 5.10 Å². The lowest BCUT2D eigenvalue weighted by atomic mass is 10.0. The number of pyridine rings is 1. The van der Waals surface area contributed by atoms with E-state index in [9.17, 15) is 31.6 Å². The Hall–Kier alpha value is -4.40. The molecule has 0 fully saturated rings. The molecule has 12 heteroatoms. The van der Waals surface area contributed by atoms with E-state index in [1.807, 2.05) is 6.07 Å². The van der Waals surface area contributed by atoms with E-state index in [1.165, 1.54) is 36.4 Å². The normalized spacial score (nSPS) is 11.8. The lowest BCUT2D eigenvalue weighted by Gasteiger charge is -2.13.